The predicted molar refractivity (Wildman–Crippen MR) is 139 cm³/mol. The van der Waals surface area contributed by atoms with Crippen LogP contribution in [-0.4, -0.2) is 38.2 Å². The lowest BCUT2D eigenvalue weighted by Gasteiger charge is -2.29. The van der Waals surface area contributed by atoms with Crippen LogP contribution in [0.25, 0.3) is 0 Å². The summed E-state index contributed by atoms with van der Waals surface area (Å²) in [6.45, 7) is 4.98. The normalized spacial score (nSPS) is 20.8. The molecule has 2 aliphatic heterocycles. The molecule has 2 saturated heterocycles. The van der Waals surface area contributed by atoms with Crippen LogP contribution in [0.3, 0.4) is 0 Å². The average Bonchev–Trinajstić information content (AvgIpc) is 3.44. The molecule has 37 heavy (non-hydrogen) atoms. The van der Waals surface area contributed by atoms with Crippen molar-refractivity contribution >= 4 is 23.2 Å². The number of carbonyl (C=O) groups excluding carboxylic acids is 2. The molecule has 3 atom stereocenters. The molecule has 0 N–H and O–H groups in total. The fourth-order valence-corrected chi connectivity index (χ4v) is 4.86. The highest BCUT2D eigenvalue weighted by atomic mass is 16.7. The Balaban J connectivity index is 1.57. The molecule has 0 unspecified atom stereocenters. The van der Waals surface area contributed by atoms with Crippen molar-refractivity contribution in [3.05, 3.63) is 78.4 Å². The van der Waals surface area contributed by atoms with Crippen LogP contribution in [-0.2, 0) is 14.4 Å². The number of amides is 2. The van der Waals surface area contributed by atoms with E-state index in [0.29, 0.717) is 36.1 Å². The lowest BCUT2D eigenvalue weighted by molar-refractivity contribution is -0.126. The number of rotatable bonds is 9. The van der Waals surface area contributed by atoms with E-state index in [9.17, 15) is 9.59 Å². The van der Waals surface area contributed by atoms with Crippen molar-refractivity contribution in [3.8, 4) is 17.2 Å². The van der Waals surface area contributed by atoms with Crippen LogP contribution in [0.5, 0.6) is 17.2 Å². The van der Waals surface area contributed by atoms with Crippen molar-refractivity contribution in [3.63, 3.8) is 0 Å². The number of anilines is 2. The number of methoxy groups -OCH3 is 1. The summed E-state index contributed by atoms with van der Waals surface area (Å²) in [5.74, 6) is 0.307. The van der Waals surface area contributed by atoms with Gasteiger partial charge in [-0.15, -0.1) is 0 Å². The zero-order chi connectivity index (χ0) is 25.9. The summed E-state index contributed by atoms with van der Waals surface area (Å²) in [4.78, 5) is 34.9. The van der Waals surface area contributed by atoms with Gasteiger partial charge in [-0.3, -0.25) is 14.4 Å². The third-order valence-corrected chi connectivity index (χ3v) is 6.51. The summed E-state index contributed by atoms with van der Waals surface area (Å²) < 4.78 is 17.1. The molecule has 0 aromatic heterocycles. The first-order valence-corrected chi connectivity index (χ1v) is 12.5. The summed E-state index contributed by atoms with van der Waals surface area (Å²) in [7, 11) is 1.54. The zero-order valence-electron chi connectivity index (χ0n) is 21.1. The third kappa shape index (κ3) is 4.49. The summed E-state index contributed by atoms with van der Waals surface area (Å²) in [5.41, 5.74) is 1.99. The SMILES string of the molecule is CCCOc1ccc([C@H]2[C@@H]3C(=O)N(c4cccc(OC)c4)C(=O)[C@H]3ON2c2ccccc2)cc1OCC. The van der Waals surface area contributed by atoms with Gasteiger partial charge in [0.15, 0.2) is 17.6 Å². The first kappa shape index (κ1) is 24.6. The smallest absolute Gasteiger partial charge is 0.266 e. The summed E-state index contributed by atoms with van der Waals surface area (Å²) in [5, 5.41) is 1.67. The molecular weight excluding hydrogens is 472 g/mol. The van der Waals surface area contributed by atoms with Gasteiger partial charge in [-0.2, -0.15) is 0 Å². The van der Waals surface area contributed by atoms with Gasteiger partial charge in [-0.1, -0.05) is 37.3 Å². The number of carbonyl (C=O) groups is 2. The van der Waals surface area contributed by atoms with E-state index >= 15 is 0 Å². The van der Waals surface area contributed by atoms with E-state index < -0.39 is 24.0 Å². The summed E-state index contributed by atoms with van der Waals surface area (Å²) in [6, 6.07) is 21.5. The molecule has 5 rings (SSSR count). The van der Waals surface area contributed by atoms with Crippen molar-refractivity contribution in [1.29, 1.82) is 0 Å². The number of para-hydroxylation sites is 1. The molecule has 0 spiro atoms. The van der Waals surface area contributed by atoms with E-state index in [4.69, 9.17) is 19.0 Å². The highest BCUT2D eigenvalue weighted by molar-refractivity contribution is 6.24. The van der Waals surface area contributed by atoms with Gasteiger partial charge in [0.05, 0.1) is 37.7 Å². The monoisotopic (exact) mass is 502 g/mol. The van der Waals surface area contributed by atoms with Gasteiger partial charge in [0.1, 0.15) is 11.7 Å². The second-order valence-electron chi connectivity index (χ2n) is 8.86. The molecule has 0 aliphatic carbocycles. The molecule has 0 radical (unpaired) electrons. The van der Waals surface area contributed by atoms with Gasteiger partial charge in [0.25, 0.3) is 5.91 Å². The Labute approximate surface area is 216 Å². The molecule has 192 valence electrons. The molecule has 8 heteroatoms. The maximum Gasteiger partial charge on any atom is 0.266 e. The lowest BCUT2D eigenvalue weighted by Crippen LogP contribution is -2.37. The number of hydrogen-bond acceptors (Lipinski definition) is 7. The van der Waals surface area contributed by atoms with Crippen molar-refractivity contribution in [2.45, 2.75) is 32.4 Å². The predicted octanol–water partition coefficient (Wildman–Crippen LogP) is 4.93. The molecule has 8 nitrogen and oxygen atoms in total. The number of hydrogen-bond donors (Lipinski definition) is 0. The van der Waals surface area contributed by atoms with E-state index in [1.165, 1.54) is 4.90 Å². The summed E-state index contributed by atoms with van der Waals surface area (Å²) in [6.07, 6.45) is -0.0954. The summed E-state index contributed by atoms with van der Waals surface area (Å²) >= 11 is 0. The molecular formula is C29H30N2O6. The number of imide groups is 1. The van der Waals surface area contributed by atoms with Crippen molar-refractivity contribution in [2.75, 3.05) is 30.3 Å². The molecule has 0 saturated carbocycles. The van der Waals surface area contributed by atoms with E-state index in [1.807, 2.05) is 62.4 Å². The van der Waals surface area contributed by atoms with E-state index in [1.54, 1.807) is 36.4 Å². The number of benzene rings is 3. The highest BCUT2D eigenvalue weighted by Crippen LogP contribution is 2.49. The van der Waals surface area contributed by atoms with Crippen LogP contribution in [0.4, 0.5) is 11.4 Å². The first-order valence-electron chi connectivity index (χ1n) is 12.5. The van der Waals surface area contributed by atoms with Gasteiger partial charge in [0, 0.05) is 6.07 Å². The molecule has 2 aliphatic rings. The molecule has 3 aromatic rings. The minimum Gasteiger partial charge on any atom is -0.497 e. The molecule has 0 bridgehead atoms. The topological polar surface area (TPSA) is 77.5 Å². The number of ether oxygens (including phenoxy) is 3. The van der Waals surface area contributed by atoms with Gasteiger partial charge >= 0.3 is 0 Å². The minimum absolute atomic E-state index is 0.323. The Bertz CT molecular complexity index is 1280. The second-order valence-corrected chi connectivity index (χ2v) is 8.86. The third-order valence-electron chi connectivity index (χ3n) is 6.51. The standard InChI is InChI=1S/C29H30N2O6/c1-4-16-36-23-15-14-19(17-24(23)35-5-2)26-25-27(37-31(26)20-10-7-6-8-11-20)29(33)30(28(25)32)21-12-9-13-22(18-21)34-3/h6-15,17-18,25-27H,4-5,16H2,1-3H3/t25-,26-,27-/m0/s1. The largest absolute Gasteiger partial charge is 0.497 e. The van der Waals surface area contributed by atoms with Crippen molar-refractivity contribution in [2.24, 2.45) is 5.92 Å². The van der Waals surface area contributed by atoms with E-state index in [2.05, 4.69) is 0 Å². The van der Waals surface area contributed by atoms with E-state index in [-0.39, 0.29) is 5.91 Å². The van der Waals surface area contributed by atoms with Crippen LogP contribution in [0, 0.1) is 5.92 Å². The van der Waals surface area contributed by atoms with Crippen LogP contribution >= 0.6 is 0 Å². The first-order chi connectivity index (χ1) is 18.1. The van der Waals surface area contributed by atoms with Crippen LogP contribution < -0.4 is 24.2 Å². The maximum atomic E-state index is 13.9. The number of hydroxylamine groups is 1. The fraction of sp³-hybridized carbons (Fsp3) is 0.310. The van der Waals surface area contributed by atoms with Gasteiger partial charge < -0.3 is 14.2 Å². The Morgan fingerprint density at radius 3 is 2.35 bits per heavy atom. The quantitative estimate of drug-likeness (QED) is 0.384. The van der Waals surface area contributed by atoms with Crippen molar-refractivity contribution < 1.29 is 28.6 Å². The Kier molecular flexibility index (Phi) is 7.01. The fourth-order valence-electron chi connectivity index (χ4n) is 4.86. The average molecular weight is 503 g/mol. The maximum absolute atomic E-state index is 13.9. The highest BCUT2D eigenvalue weighted by Gasteiger charge is 2.60. The zero-order valence-corrected chi connectivity index (χ0v) is 21.1. The Morgan fingerprint density at radius 2 is 1.62 bits per heavy atom. The van der Waals surface area contributed by atoms with Gasteiger partial charge in [-0.25, -0.2) is 9.96 Å². The van der Waals surface area contributed by atoms with Crippen LogP contribution in [0.2, 0.25) is 0 Å². The van der Waals surface area contributed by atoms with Gasteiger partial charge in [0.2, 0.25) is 5.91 Å². The minimum atomic E-state index is -0.963. The second kappa shape index (κ2) is 10.5. The van der Waals surface area contributed by atoms with Crippen molar-refractivity contribution in [1.82, 2.24) is 0 Å². The molecule has 2 amide bonds. The number of nitrogens with zero attached hydrogens (tertiary/aromatic N) is 2. The number of fused-ring (bicyclic) bond motifs is 1. The molecule has 2 fully saturated rings. The van der Waals surface area contributed by atoms with Crippen LogP contribution in [0.15, 0.2) is 72.8 Å². The lowest BCUT2D eigenvalue weighted by atomic mass is 9.90. The molecule has 2 heterocycles. The molecule has 3 aromatic carbocycles. The Morgan fingerprint density at radius 1 is 0.838 bits per heavy atom. The van der Waals surface area contributed by atoms with Crippen LogP contribution in [0.1, 0.15) is 31.9 Å². The Hall–Kier alpha value is -4.04. The van der Waals surface area contributed by atoms with E-state index in [0.717, 1.165) is 17.7 Å². The van der Waals surface area contributed by atoms with Gasteiger partial charge in [-0.05, 0) is 55.3 Å².